The standard InChI is InChI=1S/C28H32N4O3.C21H25N3O5.C21H27N3O3.C15H20BrNO3/c1-17-13-24(32(3)31-17)23-15-20-14-19(9-10-22(20)30-23)26-11-12-27(35-26)25(33)16-21(28(34)29-2)18-7-5-4-6-8-18;1-23-21(26)15(13-5-3-2-4-6-13)12-18(25)20-10-9-19(29-20)14-7-8-16(22)17(11-14)24(27)28;1-24-21(26)15(13-5-3-2-4-6-13)12-18(25)20-10-9-19(27-20)14-7-8-16(22)17(23)11-14;1-17-15(19)11(10-5-3-2-4-6-10)9-12(18)13-7-8-14(16)20-13/h9-14,18,21H,4-8,15-16H2,1-3H3,(H,29,34);7-11,13,15H,2-6,12,22H2,1H3,(H,23,26);7-11,13,15H,2-6,12,22-23H2,1H3,(H,24,26);7-8,10-11H,2-6,9H2,1H3,(H,17,19)/t21-;2*15-;11-/m0000/s1. The van der Waals surface area contributed by atoms with Gasteiger partial charge in [0.2, 0.25) is 23.6 Å². The summed E-state index contributed by atoms with van der Waals surface area (Å²) in [4.78, 5) is 116. The minimum absolute atomic E-state index is 0.0316. The molecule has 4 atom stereocenters. The quantitative estimate of drug-likeness (QED) is 0.0121. The number of hydrogen-bond donors (Lipinski definition) is 7. The van der Waals surface area contributed by atoms with Gasteiger partial charge in [-0.1, -0.05) is 77.0 Å². The lowest BCUT2D eigenvalue weighted by molar-refractivity contribution is -0.383. The molecular formula is C85H104BrN11O14. The zero-order valence-corrected chi connectivity index (χ0v) is 65.9. The number of nitrogens with one attached hydrogen (secondary N) is 4. The van der Waals surface area contributed by atoms with Crippen LogP contribution in [-0.4, -0.2) is 95.4 Å². The number of fused-ring (bicyclic) bond motifs is 1. The van der Waals surface area contributed by atoms with Crippen LogP contribution in [0.3, 0.4) is 0 Å². The van der Waals surface area contributed by atoms with E-state index in [9.17, 15) is 48.5 Å². The number of aryl methyl sites for hydroxylation is 2. The van der Waals surface area contributed by atoms with E-state index in [2.05, 4.69) is 54.4 Å². The zero-order valence-electron chi connectivity index (χ0n) is 64.3. The molecule has 3 aromatic carbocycles. The Morgan fingerprint density at radius 3 is 1.16 bits per heavy atom. The molecule has 13 rings (SSSR count). The average Bonchev–Trinajstić information content (AvgIpc) is 1.64. The Hall–Kier alpha value is -10.5. The topological polar surface area (TPSA) is 389 Å². The smallest absolute Gasteiger partial charge is 0.292 e. The Kier molecular flexibility index (Phi) is 29.5. The second-order valence-electron chi connectivity index (χ2n) is 29.8. The Morgan fingerprint density at radius 1 is 0.468 bits per heavy atom. The maximum absolute atomic E-state index is 13.1. The maximum atomic E-state index is 13.1. The molecular weight excluding hydrogens is 1480 g/mol. The Bertz CT molecular complexity index is 4630. The number of rotatable bonds is 25. The number of nitro benzene ring substituents is 1. The number of hydrogen-bond acceptors (Lipinski definition) is 19. The van der Waals surface area contributed by atoms with Crippen LogP contribution in [0.1, 0.15) is 213 Å². The van der Waals surface area contributed by atoms with Crippen molar-refractivity contribution in [1.29, 1.82) is 0 Å². The highest BCUT2D eigenvalue weighted by molar-refractivity contribution is 9.10. The number of halogens is 1. The molecule has 10 N–H and O–H groups in total. The highest BCUT2D eigenvalue weighted by Crippen LogP contribution is 2.40. The predicted molar refractivity (Wildman–Crippen MR) is 429 cm³/mol. The van der Waals surface area contributed by atoms with Crippen molar-refractivity contribution in [2.45, 2.75) is 167 Å². The molecule has 4 fully saturated rings. The minimum Gasteiger partial charge on any atom is -0.453 e. The molecule has 5 aliphatic rings. The number of benzene rings is 3. The number of nitro groups is 1. The Balaban J connectivity index is 0.000000160. The molecule has 6 heterocycles. The van der Waals surface area contributed by atoms with E-state index < -0.39 is 4.92 Å². The lowest BCUT2D eigenvalue weighted by Gasteiger charge is -2.28. The van der Waals surface area contributed by atoms with Gasteiger partial charge in [0.05, 0.1) is 39.1 Å². The number of Topliss-reactive ketones (excluding diaryl/α,β-unsaturated/α-hetero) is 4. The Labute approximate surface area is 655 Å². The number of carbonyl (C=O) groups is 8. The van der Waals surface area contributed by atoms with Gasteiger partial charge >= 0.3 is 0 Å². The number of furan rings is 4. The minimum atomic E-state index is -0.564. The number of nitrogen functional groups attached to an aromatic ring is 3. The summed E-state index contributed by atoms with van der Waals surface area (Å²) in [5.41, 5.74) is 25.2. The van der Waals surface area contributed by atoms with Crippen LogP contribution in [0.25, 0.3) is 34.0 Å². The molecule has 0 spiro atoms. The number of nitrogens with two attached hydrogens (primary N) is 3. The second kappa shape index (κ2) is 39.4. The molecule has 4 amide bonds. The molecule has 1 aliphatic heterocycles. The first-order valence-corrected chi connectivity index (χ1v) is 39.7. The monoisotopic (exact) mass is 1580 g/mol. The van der Waals surface area contributed by atoms with Gasteiger partial charge in [0.15, 0.2) is 50.8 Å². The summed E-state index contributed by atoms with van der Waals surface area (Å²) in [7, 11) is 8.42. The van der Waals surface area contributed by atoms with E-state index in [1.165, 1.54) is 37.8 Å². The first-order chi connectivity index (χ1) is 53.4. The number of carbonyl (C=O) groups excluding carboxylic acids is 8. The van der Waals surface area contributed by atoms with Gasteiger partial charge in [-0.15, -0.1) is 0 Å². The van der Waals surface area contributed by atoms with Crippen molar-refractivity contribution < 1.29 is 60.9 Å². The predicted octanol–water partition coefficient (Wildman–Crippen LogP) is 16.3. The van der Waals surface area contributed by atoms with Gasteiger partial charge < -0.3 is 56.1 Å². The van der Waals surface area contributed by atoms with Gasteiger partial charge in [0, 0.05) is 114 Å². The molecule has 0 unspecified atom stereocenters. The van der Waals surface area contributed by atoms with Gasteiger partial charge in [0.1, 0.15) is 23.0 Å². The summed E-state index contributed by atoms with van der Waals surface area (Å²) >= 11 is 3.19. The summed E-state index contributed by atoms with van der Waals surface area (Å²) in [6.07, 6.45) is 23.1. The van der Waals surface area contributed by atoms with Gasteiger partial charge in [-0.3, -0.25) is 58.1 Å². The van der Waals surface area contributed by atoms with E-state index in [0.29, 0.717) is 56.3 Å². The maximum Gasteiger partial charge on any atom is 0.292 e. The first kappa shape index (κ1) is 83.0. The number of aromatic nitrogens is 2. The van der Waals surface area contributed by atoms with E-state index in [4.69, 9.17) is 39.9 Å². The number of amides is 4. The average molecular weight is 1580 g/mol. The molecule has 590 valence electrons. The number of anilines is 3. The molecule has 111 heavy (non-hydrogen) atoms. The van der Waals surface area contributed by atoms with Crippen molar-refractivity contribution in [3.63, 3.8) is 0 Å². The summed E-state index contributed by atoms with van der Waals surface area (Å²) < 4.78 is 25.1. The van der Waals surface area contributed by atoms with Crippen molar-refractivity contribution in [2.75, 3.05) is 45.4 Å². The van der Waals surface area contributed by atoms with Crippen molar-refractivity contribution in [1.82, 2.24) is 31.0 Å². The SMILES string of the molecule is CNC(=O)[C@@H](CC(=O)c1ccc(-c2ccc(N)c(N)c2)o1)C1CCCCC1.CNC(=O)[C@@H](CC(=O)c1ccc(-c2ccc(N)c([N+](=O)[O-])c2)o1)C1CCCCC1.CNC(=O)[C@@H](CC(=O)c1ccc(-c2ccc3c(c2)CC(c2cc(C)nn2C)=N3)o1)C1CCCCC1.CNC(=O)[C@@H](CC(=O)c1ccc(Br)o1)C1CCCCC1. The van der Waals surface area contributed by atoms with Gasteiger partial charge in [-0.05, 0) is 207 Å². The number of aliphatic imine (C=N–C) groups is 1. The fraction of sp³-hybridized carbons (Fsp3) is 0.459. The van der Waals surface area contributed by atoms with Gasteiger partial charge in [-0.25, -0.2) is 0 Å². The summed E-state index contributed by atoms with van der Waals surface area (Å²) in [6.45, 7) is 1.98. The summed E-state index contributed by atoms with van der Waals surface area (Å²) in [6, 6.07) is 31.1. The van der Waals surface area contributed by atoms with Crippen LogP contribution < -0.4 is 38.5 Å². The normalized spacial score (nSPS) is 16.4. The van der Waals surface area contributed by atoms with Crippen LogP contribution in [-0.2, 0) is 32.6 Å². The summed E-state index contributed by atoms with van der Waals surface area (Å²) in [5, 5.41) is 26.4. The van der Waals surface area contributed by atoms with Crippen LogP contribution in [0.2, 0.25) is 0 Å². The number of ketones is 4. The fourth-order valence-corrected chi connectivity index (χ4v) is 16.6. The number of nitrogens with zero attached hydrogens (tertiary/aromatic N) is 4. The lowest BCUT2D eigenvalue weighted by Crippen LogP contribution is -2.35. The molecule has 5 aromatic heterocycles. The van der Waals surface area contributed by atoms with Crippen molar-refractivity contribution in [2.24, 2.45) is 59.4 Å². The van der Waals surface area contributed by atoms with Gasteiger partial charge in [-0.2, -0.15) is 5.10 Å². The van der Waals surface area contributed by atoms with Crippen LogP contribution in [0.4, 0.5) is 28.4 Å². The third kappa shape index (κ3) is 21.8. The van der Waals surface area contributed by atoms with E-state index in [1.54, 1.807) is 94.9 Å². The Morgan fingerprint density at radius 2 is 0.820 bits per heavy atom. The molecule has 26 heteroatoms. The second-order valence-corrected chi connectivity index (χ2v) is 30.6. The van der Waals surface area contributed by atoms with Crippen molar-refractivity contribution in [3.05, 3.63) is 164 Å². The third-order valence-electron chi connectivity index (χ3n) is 22.5. The highest BCUT2D eigenvalue weighted by Gasteiger charge is 2.37. The zero-order chi connectivity index (χ0) is 79.4. The largest absolute Gasteiger partial charge is 0.453 e. The van der Waals surface area contributed by atoms with Crippen molar-refractivity contribution in [3.8, 4) is 34.0 Å². The molecule has 0 radical (unpaired) electrons. The molecule has 25 nitrogen and oxygen atoms in total. The molecule has 0 bridgehead atoms. The summed E-state index contributed by atoms with van der Waals surface area (Å²) in [5.74, 6) is 1.52. The van der Waals surface area contributed by atoms with Crippen LogP contribution in [0.5, 0.6) is 0 Å². The first-order valence-electron chi connectivity index (χ1n) is 38.9. The molecule has 4 saturated carbocycles. The van der Waals surface area contributed by atoms with Crippen LogP contribution in [0, 0.1) is 64.4 Å². The molecule has 0 saturated heterocycles. The van der Waals surface area contributed by atoms with E-state index in [0.717, 1.165) is 149 Å². The van der Waals surface area contributed by atoms with E-state index >= 15 is 0 Å². The lowest BCUT2D eigenvalue weighted by atomic mass is 9.77. The van der Waals surface area contributed by atoms with Crippen LogP contribution in [0.15, 0.2) is 137 Å². The van der Waals surface area contributed by atoms with E-state index in [-0.39, 0.29) is 137 Å². The van der Waals surface area contributed by atoms with Gasteiger partial charge in [0.25, 0.3) is 5.69 Å². The van der Waals surface area contributed by atoms with Crippen molar-refractivity contribution >= 4 is 96.8 Å². The van der Waals surface area contributed by atoms with E-state index in [1.807, 2.05) is 36.9 Å². The highest BCUT2D eigenvalue weighted by atomic mass is 79.9. The van der Waals surface area contributed by atoms with Crippen LogP contribution >= 0.6 is 15.9 Å². The fourth-order valence-electron chi connectivity index (χ4n) is 16.3. The molecule has 4 aliphatic carbocycles. The third-order valence-corrected chi connectivity index (χ3v) is 22.9. The molecule has 8 aromatic rings.